The summed E-state index contributed by atoms with van der Waals surface area (Å²) in [6.07, 6.45) is 6.11. The van der Waals surface area contributed by atoms with Gasteiger partial charge in [0.15, 0.2) is 6.79 Å². The average molecular weight is 351 g/mol. The van der Waals surface area contributed by atoms with Gasteiger partial charge in [0.2, 0.25) is 0 Å². The summed E-state index contributed by atoms with van der Waals surface area (Å²) < 4.78 is 18.1. The molecule has 0 atom stereocenters. The second kappa shape index (κ2) is 6.07. The molecule has 0 unspecified atom stereocenters. The van der Waals surface area contributed by atoms with E-state index in [9.17, 15) is 0 Å². The molecule has 1 aliphatic rings. The van der Waals surface area contributed by atoms with Crippen LogP contribution in [0.1, 0.15) is 19.4 Å². The van der Waals surface area contributed by atoms with Crippen molar-refractivity contribution < 1.29 is 14.2 Å². The normalized spacial score (nSPS) is 14.9. The van der Waals surface area contributed by atoms with Crippen LogP contribution >= 0.6 is 0 Å². The minimum absolute atomic E-state index is 0.180. The van der Waals surface area contributed by atoms with Crippen molar-refractivity contribution in [2.24, 2.45) is 0 Å². The maximum Gasteiger partial charge on any atom is 0.188 e. The Morgan fingerprint density at radius 1 is 1.23 bits per heavy atom. The van der Waals surface area contributed by atoms with Crippen molar-refractivity contribution in [3.05, 3.63) is 48.2 Å². The number of nitrogens with two attached hydrogens (primary N) is 1. The number of nitrogen functional groups attached to an aromatic ring is 1. The van der Waals surface area contributed by atoms with E-state index in [4.69, 9.17) is 19.9 Å². The van der Waals surface area contributed by atoms with E-state index in [1.54, 1.807) is 17.9 Å². The van der Waals surface area contributed by atoms with Crippen LogP contribution in [0.2, 0.25) is 0 Å². The second-order valence-corrected chi connectivity index (χ2v) is 6.83. The number of fused-ring (bicyclic) bond motifs is 2. The highest BCUT2D eigenvalue weighted by molar-refractivity contribution is 5.85. The molecule has 0 amide bonds. The predicted molar refractivity (Wildman–Crippen MR) is 102 cm³/mol. The van der Waals surface area contributed by atoms with Crippen LogP contribution in [0, 0.1) is 0 Å². The van der Waals surface area contributed by atoms with Gasteiger partial charge in [-0.25, -0.2) is 4.68 Å². The number of methoxy groups -OCH3 is 1. The van der Waals surface area contributed by atoms with Crippen LogP contribution < -0.4 is 15.2 Å². The third kappa shape index (κ3) is 2.99. The summed E-state index contributed by atoms with van der Waals surface area (Å²) >= 11 is 0. The molecule has 0 saturated heterocycles. The summed E-state index contributed by atoms with van der Waals surface area (Å²) in [4.78, 5) is 0. The molecular formula is C20H21N3O3. The molecule has 2 aromatic carbocycles. The van der Waals surface area contributed by atoms with Crippen LogP contribution in [-0.4, -0.2) is 29.3 Å². The van der Waals surface area contributed by atoms with Crippen LogP contribution in [0.15, 0.2) is 42.6 Å². The lowest BCUT2D eigenvalue weighted by Gasteiger charge is -2.27. The molecule has 6 heteroatoms. The van der Waals surface area contributed by atoms with Gasteiger partial charge in [0.05, 0.1) is 16.9 Å². The molecule has 6 nitrogen and oxygen atoms in total. The van der Waals surface area contributed by atoms with Crippen molar-refractivity contribution in [1.29, 1.82) is 0 Å². The third-order valence-corrected chi connectivity index (χ3v) is 4.26. The van der Waals surface area contributed by atoms with E-state index in [-0.39, 0.29) is 12.4 Å². The number of hydrogen-bond acceptors (Lipinski definition) is 5. The monoisotopic (exact) mass is 351 g/mol. The van der Waals surface area contributed by atoms with Crippen LogP contribution in [0.25, 0.3) is 22.7 Å². The highest BCUT2D eigenvalue weighted by Gasteiger charge is 2.22. The van der Waals surface area contributed by atoms with Crippen LogP contribution in [0.4, 0.5) is 5.69 Å². The smallest absolute Gasteiger partial charge is 0.188 e. The average Bonchev–Trinajstić information content (AvgIpc) is 2.99. The zero-order valence-electron chi connectivity index (χ0n) is 15.0. The Labute approximate surface area is 151 Å². The Morgan fingerprint density at radius 2 is 2.08 bits per heavy atom. The zero-order chi connectivity index (χ0) is 18.3. The maximum atomic E-state index is 6.19. The summed E-state index contributed by atoms with van der Waals surface area (Å²) in [7, 11) is 1.58. The number of hydrogen-bond donors (Lipinski definition) is 1. The van der Waals surface area contributed by atoms with Gasteiger partial charge in [0, 0.05) is 36.4 Å². The molecule has 2 N–H and O–H groups in total. The summed E-state index contributed by atoms with van der Waals surface area (Å²) in [5.74, 6) is 1.49. The van der Waals surface area contributed by atoms with Gasteiger partial charge in [-0.2, -0.15) is 5.10 Å². The van der Waals surface area contributed by atoms with E-state index in [0.29, 0.717) is 11.4 Å². The zero-order valence-corrected chi connectivity index (χ0v) is 15.0. The Hall–Kier alpha value is -2.99. The fourth-order valence-corrected chi connectivity index (χ4v) is 2.98. The van der Waals surface area contributed by atoms with Crippen LogP contribution in [0.3, 0.4) is 0 Å². The van der Waals surface area contributed by atoms with Crippen LogP contribution in [-0.2, 0) is 4.74 Å². The lowest BCUT2D eigenvalue weighted by molar-refractivity contribution is 0.0512. The van der Waals surface area contributed by atoms with Crippen molar-refractivity contribution in [3.8, 4) is 17.2 Å². The molecule has 4 rings (SSSR count). The fourth-order valence-electron chi connectivity index (χ4n) is 2.98. The molecule has 0 bridgehead atoms. The Kier molecular flexibility index (Phi) is 3.85. The number of nitrogens with zero attached hydrogens (tertiary/aromatic N) is 2. The molecule has 0 saturated carbocycles. The van der Waals surface area contributed by atoms with E-state index in [1.807, 2.05) is 38.2 Å². The standard InChI is InChI=1S/C20H21N3O3/c1-20(2)7-6-13-8-14-11-23(22-17(14)10-19(13)26-20)18-5-4-15(9-16(18)21)25-12-24-3/h4-11H,12,21H2,1-3H3. The number of rotatable bonds is 4. The first-order valence-electron chi connectivity index (χ1n) is 8.38. The van der Waals surface area contributed by atoms with Gasteiger partial charge in [0.25, 0.3) is 0 Å². The largest absolute Gasteiger partial charge is 0.483 e. The van der Waals surface area contributed by atoms with E-state index in [0.717, 1.165) is 27.9 Å². The molecule has 0 radical (unpaired) electrons. The lowest BCUT2D eigenvalue weighted by Crippen LogP contribution is -2.27. The van der Waals surface area contributed by atoms with Gasteiger partial charge >= 0.3 is 0 Å². The molecule has 3 aromatic rings. The van der Waals surface area contributed by atoms with Crippen molar-refractivity contribution in [2.45, 2.75) is 19.4 Å². The van der Waals surface area contributed by atoms with Crippen molar-refractivity contribution in [3.63, 3.8) is 0 Å². The first-order valence-corrected chi connectivity index (χ1v) is 8.38. The minimum atomic E-state index is -0.314. The summed E-state index contributed by atoms with van der Waals surface area (Å²) in [6.45, 7) is 4.24. The van der Waals surface area contributed by atoms with E-state index >= 15 is 0 Å². The topological polar surface area (TPSA) is 71.5 Å². The molecule has 1 aliphatic heterocycles. The van der Waals surface area contributed by atoms with E-state index in [1.165, 1.54) is 0 Å². The summed E-state index contributed by atoms with van der Waals surface area (Å²) in [6, 6.07) is 9.53. The van der Waals surface area contributed by atoms with Gasteiger partial charge in [-0.1, -0.05) is 6.08 Å². The van der Waals surface area contributed by atoms with Crippen molar-refractivity contribution in [2.75, 3.05) is 19.6 Å². The van der Waals surface area contributed by atoms with Gasteiger partial charge < -0.3 is 19.9 Å². The number of benzene rings is 2. The highest BCUT2D eigenvalue weighted by Crippen LogP contribution is 2.34. The van der Waals surface area contributed by atoms with E-state index < -0.39 is 0 Å². The number of ether oxygens (including phenoxy) is 3. The van der Waals surface area contributed by atoms with Gasteiger partial charge in [-0.05, 0) is 38.1 Å². The Bertz CT molecular complexity index is 1000. The maximum absolute atomic E-state index is 6.19. The first-order chi connectivity index (χ1) is 12.4. The molecule has 134 valence electrons. The molecule has 1 aromatic heterocycles. The van der Waals surface area contributed by atoms with Gasteiger partial charge in [0.1, 0.15) is 17.1 Å². The van der Waals surface area contributed by atoms with E-state index in [2.05, 4.69) is 23.3 Å². The summed E-state index contributed by atoms with van der Waals surface area (Å²) in [5, 5.41) is 5.68. The molecular weight excluding hydrogens is 330 g/mol. The molecule has 26 heavy (non-hydrogen) atoms. The Balaban J connectivity index is 1.71. The predicted octanol–water partition coefficient (Wildman–Crippen LogP) is 3.77. The SMILES string of the molecule is COCOc1ccc(-n2cc3cc4c(cc3n2)OC(C)(C)C=C4)c(N)c1. The fraction of sp³-hybridized carbons (Fsp3) is 0.250. The third-order valence-electron chi connectivity index (χ3n) is 4.26. The molecule has 0 fully saturated rings. The number of aromatic nitrogens is 2. The second-order valence-electron chi connectivity index (χ2n) is 6.83. The summed E-state index contributed by atoms with van der Waals surface area (Å²) in [5.41, 5.74) is 9.15. The quantitative estimate of drug-likeness (QED) is 0.572. The van der Waals surface area contributed by atoms with Gasteiger partial charge in [-0.15, -0.1) is 0 Å². The first kappa shape index (κ1) is 16.5. The Morgan fingerprint density at radius 3 is 2.85 bits per heavy atom. The number of anilines is 1. The van der Waals surface area contributed by atoms with Crippen molar-refractivity contribution >= 4 is 22.7 Å². The minimum Gasteiger partial charge on any atom is -0.483 e. The van der Waals surface area contributed by atoms with Crippen molar-refractivity contribution in [1.82, 2.24) is 9.78 Å². The van der Waals surface area contributed by atoms with Crippen LogP contribution in [0.5, 0.6) is 11.5 Å². The molecule has 0 spiro atoms. The highest BCUT2D eigenvalue weighted by atomic mass is 16.7. The van der Waals surface area contributed by atoms with Gasteiger partial charge in [-0.3, -0.25) is 0 Å². The molecule has 2 heterocycles. The lowest BCUT2D eigenvalue weighted by atomic mass is 10.0. The molecule has 0 aliphatic carbocycles.